The van der Waals surface area contributed by atoms with Crippen LogP contribution in [0.1, 0.15) is 22.5 Å². The Labute approximate surface area is 106 Å². The molecule has 1 aliphatic rings. The van der Waals surface area contributed by atoms with Gasteiger partial charge >= 0.3 is 0 Å². The van der Waals surface area contributed by atoms with Gasteiger partial charge in [0, 0.05) is 11.0 Å². The van der Waals surface area contributed by atoms with E-state index in [0.29, 0.717) is 12.5 Å². The summed E-state index contributed by atoms with van der Waals surface area (Å²) in [6.45, 7) is 0.565. The Morgan fingerprint density at radius 2 is 2.47 bits per heavy atom. The van der Waals surface area contributed by atoms with Gasteiger partial charge in [-0.25, -0.2) is 0 Å². The second kappa shape index (κ2) is 4.85. The first kappa shape index (κ1) is 11.4. The van der Waals surface area contributed by atoms with E-state index >= 15 is 0 Å². The fourth-order valence-electron chi connectivity index (χ4n) is 1.35. The van der Waals surface area contributed by atoms with Crippen LogP contribution in [0.3, 0.4) is 0 Å². The van der Waals surface area contributed by atoms with E-state index in [2.05, 4.69) is 21.2 Å². The number of carbonyl (C=O) groups excluding carboxylic acids is 1. The summed E-state index contributed by atoms with van der Waals surface area (Å²) in [4.78, 5) is 12.4. The summed E-state index contributed by atoms with van der Waals surface area (Å²) >= 11 is 10.9. The average molecular weight is 309 g/mol. The van der Waals surface area contributed by atoms with E-state index in [1.54, 1.807) is 0 Å². The molecule has 0 saturated heterocycles. The molecule has 1 unspecified atom stereocenters. The van der Waals surface area contributed by atoms with Crippen molar-refractivity contribution in [2.45, 2.75) is 18.2 Å². The number of nitrogens with one attached hydrogen (secondary N) is 1. The third kappa shape index (κ3) is 2.95. The zero-order valence-corrected chi connectivity index (χ0v) is 11.2. The Hall–Kier alpha value is -0.0600. The number of hydrogen-bond donors (Lipinski definition) is 1. The van der Waals surface area contributed by atoms with Crippen molar-refractivity contribution in [3.8, 4) is 0 Å². The first-order chi connectivity index (χ1) is 7.18. The molecule has 82 valence electrons. The highest BCUT2D eigenvalue weighted by Gasteiger charge is 2.29. The van der Waals surface area contributed by atoms with Gasteiger partial charge in [-0.1, -0.05) is 0 Å². The van der Waals surface area contributed by atoms with Crippen molar-refractivity contribution in [2.75, 3.05) is 6.54 Å². The van der Waals surface area contributed by atoms with Crippen LogP contribution in [0, 0.1) is 5.92 Å². The average Bonchev–Trinajstić information content (AvgIpc) is 2.98. The van der Waals surface area contributed by atoms with Crippen LogP contribution in [0.25, 0.3) is 0 Å². The Kier molecular flexibility index (Phi) is 3.69. The Bertz CT molecular complexity index is 364. The van der Waals surface area contributed by atoms with Crippen LogP contribution < -0.4 is 5.32 Å². The lowest BCUT2D eigenvalue weighted by molar-refractivity contribution is 0.0956. The van der Waals surface area contributed by atoms with Crippen molar-refractivity contribution in [1.82, 2.24) is 5.32 Å². The lowest BCUT2D eigenvalue weighted by atomic mass is 10.3. The van der Waals surface area contributed by atoms with Crippen molar-refractivity contribution < 1.29 is 4.79 Å². The molecule has 1 aromatic rings. The molecule has 0 aromatic carbocycles. The molecule has 0 radical (unpaired) electrons. The largest absolute Gasteiger partial charge is 0.350 e. The van der Waals surface area contributed by atoms with Crippen molar-refractivity contribution in [3.05, 3.63) is 20.8 Å². The smallest absolute Gasteiger partial charge is 0.262 e. The lowest BCUT2D eigenvalue weighted by Gasteiger charge is -2.08. The van der Waals surface area contributed by atoms with Crippen LogP contribution in [0.2, 0.25) is 0 Å². The highest BCUT2D eigenvalue weighted by atomic mass is 79.9. The molecule has 1 heterocycles. The molecule has 15 heavy (non-hydrogen) atoms. The van der Waals surface area contributed by atoms with Gasteiger partial charge in [0.25, 0.3) is 5.91 Å². The summed E-state index contributed by atoms with van der Waals surface area (Å²) in [6, 6.07) is 1.87. The van der Waals surface area contributed by atoms with Gasteiger partial charge in [-0.05, 0) is 46.1 Å². The summed E-state index contributed by atoms with van der Waals surface area (Å²) in [6.07, 6.45) is 2.40. The molecule has 1 amide bonds. The minimum Gasteiger partial charge on any atom is -0.350 e. The van der Waals surface area contributed by atoms with Crippen molar-refractivity contribution in [1.29, 1.82) is 0 Å². The number of halogens is 2. The molecule has 1 N–H and O–H groups in total. The SMILES string of the molecule is O=C(NCC(Cl)C1CC1)c1sccc1Br. The zero-order valence-electron chi connectivity index (χ0n) is 8.00. The molecule has 1 saturated carbocycles. The Morgan fingerprint density at radius 1 is 1.73 bits per heavy atom. The van der Waals surface area contributed by atoms with E-state index in [1.165, 1.54) is 24.2 Å². The second-order valence-electron chi connectivity index (χ2n) is 3.66. The van der Waals surface area contributed by atoms with Crippen molar-refractivity contribution in [2.24, 2.45) is 5.92 Å². The van der Waals surface area contributed by atoms with Gasteiger partial charge in [0.1, 0.15) is 4.88 Å². The highest BCUT2D eigenvalue weighted by molar-refractivity contribution is 9.10. The minimum atomic E-state index is -0.0387. The predicted octanol–water partition coefficient (Wildman–Crippen LogP) is 3.26. The van der Waals surface area contributed by atoms with Crippen LogP contribution in [0.15, 0.2) is 15.9 Å². The van der Waals surface area contributed by atoms with E-state index in [9.17, 15) is 4.79 Å². The quantitative estimate of drug-likeness (QED) is 0.850. The number of rotatable bonds is 4. The third-order valence-electron chi connectivity index (χ3n) is 2.41. The van der Waals surface area contributed by atoms with Gasteiger partial charge < -0.3 is 5.32 Å². The first-order valence-corrected chi connectivity index (χ1v) is 6.94. The standard InChI is InChI=1S/C10H11BrClNOS/c11-7-3-4-15-9(7)10(14)13-5-8(12)6-1-2-6/h3-4,6,8H,1-2,5H2,(H,13,14). The number of amides is 1. The van der Waals surface area contributed by atoms with Crippen molar-refractivity contribution >= 4 is 44.8 Å². The molecule has 0 spiro atoms. The van der Waals surface area contributed by atoms with Crippen LogP contribution in [0.4, 0.5) is 0 Å². The normalized spacial score (nSPS) is 17.5. The summed E-state index contributed by atoms with van der Waals surface area (Å²) in [7, 11) is 0. The predicted molar refractivity (Wildman–Crippen MR) is 66.7 cm³/mol. The van der Waals surface area contributed by atoms with Crippen LogP contribution >= 0.6 is 38.9 Å². The maximum Gasteiger partial charge on any atom is 0.262 e. The maximum absolute atomic E-state index is 11.7. The fraction of sp³-hybridized carbons (Fsp3) is 0.500. The van der Waals surface area contributed by atoms with Crippen LogP contribution in [-0.2, 0) is 0 Å². The molecule has 1 fully saturated rings. The van der Waals surface area contributed by atoms with E-state index < -0.39 is 0 Å². The van der Waals surface area contributed by atoms with Crippen molar-refractivity contribution in [3.63, 3.8) is 0 Å². The molecule has 1 atom stereocenters. The molecular weight excluding hydrogens is 298 g/mol. The third-order valence-corrected chi connectivity index (χ3v) is 4.76. The van der Waals surface area contributed by atoms with Gasteiger partial charge in [-0.2, -0.15) is 0 Å². The molecule has 2 rings (SSSR count). The number of thiophene rings is 1. The lowest BCUT2D eigenvalue weighted by Crippen LogP contribution is -2.30. The summed E-state index contributed by atoms with van der Waals surface area (Å²) < 4.78 is 0.850. The monoisotopic (exact) mass is 307 g/mol. The molecule has 0 aliphatic heterocycles. The number of carbonyl (C=O) groups is 1. The van der Waals surface area contributed by atoms with Crippen LogP contribution in [0.5, 0.6) is 0 Å². The van der Waals surface area contributed by atoms with Gasteiger partial charge in [0.15, 0.2) is 0 Å². The molecule has 2 nitrogen and oxygen atoms in total. The second-order valence-corrected chi connectivity index (χ2v) is 5.99. The summed E-state index contributed by atoms with van der Waals surface area (Å²) in [5.41, 5.74) is 0. The van der Waals surface area contributed by atoms with Gasteiger partial charge in [-0.3, -0.25) is 4.79 Å². The molecule has 5 heteroatoms. The van der Waals surface area contributed by atoms with Gasteiger partial charge in [0.05, 0.1) is 5.38 Å². The van der Waals surface area contributed by atoms with Gasteiger partial charge in [-0.15, -0.1) is 22.9 Å². The van der Waals surface area contributed by atoms with Crippen LogP contribution in [-0.4, -0.2) is 17.8 Å². The minimum absolute atomic E-state index is 0.0387. The molecule has 1 aliphatic carbocycles. The number of hydrogen-bond acceptors (Lipinski definition) is 2. The summed E-state index contributed by atoms with van der Waals surface area (Å²) in [5, 5.41) is 4.83. The highest BCUT2D eigenvalue weighted by Crippen LogP contribution is 2.35. The number of alkyl halides is 1. The Balaban J connectivity index is 1.84. The summed E-state index contributed by atoms with van der Waals surface area (Å²) in [5.74, 6) is 0.571. The molecule has 0 bridgehead atoms. The topological polar surface area (TPSA) is 29.1 Å². The zero-order chi connectivity index (χ0) is 10.8. The Morgan fingerprint density at radius 3 is 3.00 bits per heavy atom. The van der Waals surface area contributed by atoms with E-state index in [0.717, 1.165) is 9.35 Å². The fourth-order valence-corrected chi connectivity index (χ4v) is 3.15. The van der Waals surface area contributed by atoms with E-state index in [4.69, 9.17) is 11.6 Å². The van der Waals surface area contributed by atoms with E-state index in [-0.39, 0.29) is 11.3 Å². The molecular formula is C10H11BrClNOS. The molecule has 1 aromatic heterocycles. The first-order valence-electron chi connectivity index (χ1n) is 4.83. The maximum atomic E-state index is 11.7. The van der Waals surface area contributed by atoms with E-state index in [1.807, 2.05) is 11.4 Å². The van der Waals surface area contributed by atoms with Gasteiger partial charge in [0.2, 0.25) is 0 Å².